The van der Waals surface area contributed by atoms with Gasteiger partial charge in [0, 0.05) is 10.6 Å². The van der Waals surface area contributed by atoms with Crippen molar-refractivity contribution in [2.45, 2.75) is 31.6 Å². The molecule has 2 aromatic carbocycles. The summed E-state index contributed by atoms with van der Waals surface area (Å²) in [5.41, 5.74) is 2.10. The SMILES string of the molecule is O=C1O/C(=C\C2CCC(c3ccc(Cl)cc3)CC2)C(=O)c2ccccc21. The predicted octanol–water partition coefficient (Wildman–Crippen LogP) is 5.55. The molecule has 2 aliphatic rings. The topological polar surface area (TPSA) is 43.4 Å². The molecule has 0 N–H and O–H groups in total. The Morgan fingerprint density at radius 3 is 2.23 bits per heavy atom. The van der Waals surface area contributed by atoms with Crippen molar-refractivity contribution >= 4 is 23.4 Å². The summed E-state index contributed by atoms with van der Waals surface area (Å²) in [4.78, 5) is 24.7. The van der Waals surface area contributed by atoms with Crippen LogP contribution in [0, 0.1) is 5.92 Å². The number of carbonyl (C=O) groups is 2. The summed E-state index contributed by atoms with van der Waals surface area (Å²) in [5.74, 6) is 0.327. The van der Waals surface area contributed by atoms with Crippen molar-refractivity contribution in [2.75, 3.05) is 0 Å². The number of hydrogen-bond donors (Lipinski definition) is 0. The molecule has 0 unspecified atom stereocenters. The maximum Gasteiger partial charge on any atom is 0.344 e. The Hall–Kier alpha value is -2.39. The molecule has 1 aliphatic carbocycles. The van der Waals surface area contributed by atoms with E-state index in [0.717, 1.165) is 30.7 Å². The number of Topliss-reactive ketones (excluding diaryl/α,β-unsaturated/α-hetero) is 1. The second-order valence-corrected chi connectivity index (χ2v) is 7.39. The van der Waals surface area contributed by atoms with E-state index in [1.54, 1.807) is 24.3 Å². The number of halogens is 1. The first-order chi connectivity index (χ1) is 12.6. The van der Waals surface area contributed by atoms with Gasteiger partial charge in [-0.3, -0.25) is 4.79 Å². The molecule has 2 aromatic rings. The minimum Gasteiger partial charge on any atom is -0.419 e. The average Bonchev–Trinajstić information content (AvgIpc) is 2.67. The third-order valence-electron chi connectivity index (χ3n) is 5.32. The standard InChI is InChI=1S/C22H19ClO3/c23-17-11-9-16(10-12-17)15-7-5-14(6-8-15)13-20-21(24)18-3-1-2-4-19(18)22(25)26-20/h1-4,9-15H,5-8H2/b20-13-. The van der Waals surface area contributed by atoms with Crippen LogP contribution in [0.25, 0.3) is 0 Å². The maximum absolute atomic E-state index is 12.6. The van der Waals surface area contributed by atoms with Gasteiger partial charge in [0.15, 0.2) is 5.76 Å². The van der Waals surface area contributed by atoms with Crippen LogP contribution < -0.4 is 0 Å². The lowest BCUT2D eigenvalue weighted by Gasteiger charge is -2.28. The highest BCUT2D eigenvalue weighted by Crippen LogP contribution is 2.37. The lowest BCUT2D eigenvalue weighted by Crippen LogP contribution is -2.23. The van der Waals surface area contributed by atoms with E-state index < -0.39 is 5.97 Å². The Kier molecular flexibility index (Phi) is 4.64. The Labute approximate surface area is 157 Å². The quantitative estimate of drug-likeness (QED) is 0.517. The van der Waals surface area contributed by atoms with Crippen LogP contribution in [0.2, 0.25) is 5.02 Å². The summed E-state index contributed by atoms with van der Waals surface area (Å²) in [5, 5.41) is 0.755. The zero-order valence-electron chi connectivity index (χ0n) is 14.3. The number of benzene rings is 2. The van der Waals surface area contributed by atoms with Crippen molar-refractivity contribution in [1.29, 1.82) is 0 Å². The van der Waals surface area contributed by atoms with E-state index >= 15 is 0 Å². The van der Waals surface area contributed by atoms with Crippen LogP contribution in [0.3, 0.4) is 0 Å². The van der Waals surface area contributed by atoms with Gasteiger partial charge in [-0.2, -0.15) is 0 Å². The number of rotatable bonds is 2. The summed E-state index contributed by atoms with van der Waals surface area (Å²) in [6.07, 6.45) is 5.91. The van der Waals surface area contributed by atoms with Gasteiger partial charge in [0.05, 0.1) is 5.56 Å². The molecule has 1 heterocycles. The molecule has 4 rings (SSSR count). The van der Waals surface area contributed by atoms with Crippen molar-refractivity contribution in [3.63, 3.8) is 0 Å². The highest BCUT2D eigenvalue weighted by molar-refractivity contribution is 6.30. The van der Waals surface area contributed by atoms with E-state index in [1.165, 1.54) is 5.56 Å². The number of esters is 1. The fourth-order valence-electron chi connectivity index (χ4n) is 3.87. The molecule has 26 heavy (non-hydrogen) atoms. The third-order valence-corrected chi connectivity index (χ3v) is 5.57. The van der Waals surface area contributed by atoms with Crippen LogP contribution in [0.5, 0.6) is 0 Å². The van der Waals surface area contributed by atoms with Crippen LogP contribution >= 0.6 is 11.6 Å². The van der Waals surface area contributed by atoms with Gasteiger partial charge in [-0.1, -0.05) is 41.9 Å². The summed E-state index contributed by atoms with van der Waals surface area (Å²) in [7, 11) is 0. The Morgan fingerprint density at radius 2 is 1.54 bits per heavy atom. The zero-order chi connectivity index (χ0) is 18.1. The fraction of sp³-hybridized carbons (Fsp3) is 0.273. The predicted molar refractivity (Wildman–Crippen MR) is 100 cm³/mol. The minimum atomic E-state index is -0.443. The molecule has 0 radical (unpaired) electrons. The zero-order valence-corrected chi connectivity index (χ0v) is 15.0. The molecule has 1 aliphatic heterocycles. The highest BCUT2D eigenvalue weighted by Gasteiger charge is 2.31. The van der Waals surface area contributed by atoms with Gasteiger partial charge in [-0.15, -0.1) is 0 Å². The van der Waals surface area contributed by atoms with E-state index in [2.05, 4.69) is 12.1 Å². The summed E-state index contributed by atoms with van der Waals surface area (Å²) in [6.45, 7) is 0. The monoisotopic (exact) mass is 366 g/mol. The van der Waals surface area contributed by atoms with Crippen molar-refractivity contribution in [3.8, 4) is 0 Å². The first-order valence-electron chi connectivity index (χ1n) is 8.95. The first-order valence-corrected chi connectivity index (χ1v) is 9.33. The minimum absolute atomic E-state index is 0.184. The molecule has 1 saturated carbocycles. The number of fused-ring (bicyclic) bond motifs is 1. The van der Waals surface area contributed by atoms with Crippen LogP contribution in [0.1, 0.15) is 57.9 Å². The van der Waals surface area contributed by atoms with Gasteiger partial charge >= 0.3 is 5.97 Å². The molecule has 0 spiro atoms. The van der Waals surface area contributed by atoms with Gasteiger partial charge in [0.1, 0.15) is 0 Å². The van der Waals surface area contributed by atoms with Gasteiger partial charge in [0.2, 0.25) is 5.78 Å². The summed E-state index contributed by atoms with van der Waals surface area (Å²) in [6, 6.07) is 14.9. The molecule has 0 aromatic heterocycles. The van der Waals surface area contributed by atoms with Crippen LogP contribution in [0.4, 0.5) is 0 Å². The molecule has 132 valence electrons. The van der Waals surface area contributed by atoms with E-state index in [4.69, 9.17) is 16.3 Å². The lowest BCUT2D eigenvalue weighted by molar-refractivity contribution is 0.0559. The summed E-state index contributed by atoms with van der Waals surface area (Å²) >= 11 is 5.96. The largest absolute Gasteiger partial charge is 0.419 e. The molecule has 1 fully saturated rings. The van der Waals surface area contributed by atoms with E-state index in [0.29, 0.717) is 17.0 Å². The molecule has 4 heteroatoms. The van der Waals surface area contributed by atoms with Crippen molar-refractivity contribution in [1.82, 2.24) is 0 Å². The second kappa shape index (κ2) is 7.08. The maximum atomic E-state index is 12.6. The Morgan fingerprint density at radius 1 is 0.885 bits per heavy atom. The normalized spacial score (nSPS) is 24.3. The molecule has 0 atom stereocenters. The molecule has 0 saturated heterocycles. The molecule has 0 bridgehead atoms. The molecule has 0 amide bonds. The van der Waals surface area contributed by atoms with Crippen molar-refractivity contribution in [2.24, 2.45) is 5.92 Å². The average molecular weight is 367 g/mol. The van der Waals surface area contributed by atoms with Gasteiger partial charge in [-0.25, -0.2) is 4.79 Å². The number of ketones is 1. The lowest BCUT2D eigenvalue weighted by atomic mass is 9.78. The van der Waals surface area contributed by atoms with Crippen molar-refractivity contribution in [3.05, 3.63) is 82.1 Å². The first kappa shape index (κ1) is 17.0. The van der Waals surface area contributed by atoms with Gasteiger partial charge in [-0.05, 0) is 67.4 Å². The fourth-order valence-corrected chi connectivity index (χ4v) is 4.00. The highest BCUT2D eigenvalue weighted by atomic mass is 35.5. The number of ether oxygens (including phenoxy) is 1. The number of cyclic esters (lactones) is 1. The molecular formula is C22H19ClO3. The number of carbonyl (C=O) groups excluding carboxylic acids is 2. The van der Waals surface area contributed by atoms with E-state index in [9.17, 15) is 9.59 Å². The second-order valence-electron chi connectivity index (χ2n) is 6.96. The Balaban J connectivity index is 1.46. The Bertz CT molecular complexity index is 875. The van der Waals surface area contributed by atoms with Crippen LogP contribution in [-0.4, -0.2) is 11.8 Å². The van der Waals surface area contributed by atoms with Crippen molar-refractivity contribution < 1.29 is 14.3 Å². The smallest absolute Gasteiger partial charge is 0.344 e. The summed E-state index contributed by atoms with van der Waals surface area (Å²) < 4.78 is 5.31. The van der Waals surface area contributed by atoms with Gasteiger partial charge < -0.3 is 4.74 Å². The third kappa shape index (κ3) is 3.32. The number of hydrogen-bond acceptors (Lipinski definition) is 3. The number of allylic oxidation sites excluding steroid dienone is 2. The van der Waals surface area contributed by atoms with Crippen LogP contribution in [-0.2, 0) is 4.74 Å². The van der Waals surface area contributed by atoms with Crippen LogP contribution in [0.15, 0.2) is 60.4 Å². The molecular weight excluding hydrogens is 348 g/mol. The molecule has 3 nitrogen and oxygen atoms in total. The van der Waals surface area contributed by atoms with Gasteiger partial charge in [0.25, 0.3) is 0 Å². The van der Waals surface area contributed by atoms with E-state index in [1.807, 2.05) is 18.2 Å². The van der Waals surface area contributed by atoms with E-state index in [-0.39, 0.29) is 17.5 Å².